The molecule has 8 heavy (non-hydrogen) atoms. The summed E-state index contributed by atoms with van der Waals surface area (Å²) < 4.78 is 0. The number of rotatable bonds is 0. The zero-order chi connectivity index (χ0) is 5.56. The molecule has 2 rings (SSSR count). The highest BCUT2D eigenvalue weighted by atomic mass is 15.3. The minimum absolute atomic E-state index is 0.745. The second-order valence-electron chi connectivity index (χ2n) is 2.88. The van der Waals surface area contributed by atoms with Gasteiger partial charge < -0.3 is 5.32 Å². The third-order valence-corrected chi connectivity index (χ3v) is 2.36. The fourth-order valence-electron chi connectivity index (χ4n) is 1.67. The van der Waals surface area contributed by atoms with Gasteiger partial charge in [-0.25, -0.2) is 0 Å². The standard InChI is InChI=1S/C6H12N2/c1-8-3-2-5-4-7-6(5)8/h5-7H,2-4H2,1H3. The SMILES string of the molecule is CN1CCC2CNC21. The number of hydrogen-bond donors (Lipinski definition) is 1. The third-order valence-electron chi connectivity index (χ3n) is 2.36. The van der Waals surface area contributed by atoms with Crippen LogP contribution < -0.4 is 5.32 Å². The zero-order valence-corrected chi connectivity index (χ0v) is 5.22. The summed E-state index contributed by atoms with van der Waals surface area (Å²) in [6, 6.07) is 0. The molecular formula is C6H12N2. The van der Waals surface area contributed by atoms with Gasteiger partial charge in [-0.15, -0.1) is 0 Å². The molecule has 2 atom stereocenters. The van der Waals surface area contributed by atoms with Crippen LogP contribution in [0, 0.1) is 5.92 Å². The Hall–Kier alpha value is -0.0800. The molecule has 1 N–H and O–H groups in total. The molecule has 0 amide bonds. The molecule has 0 aromatic heterocycles. The van der Waals surface area contributed by atoms with Gasteiger partial charge in [0.15, 0.2) is 0 Å². The molecule has 2 saturated heterocycles. The molecule has 46 valence electrons. The van der Waals surface area contributed by atoms with Gasteiger partial charge in [-0.1, -0.05) is 0 Å². The minimum atomic E-state index is 0.745. The highest BCUT2D eigenvalue weighted by Gasteiger charge is 2.37. The van der Waals surface area contributed by atoms with E-state index in [1.54, 1.807) is 0 Å². The maximum atomic E-state index is 3.38. The van der Waals surface area contributed by atoms with Crippen LogP contribution in [0.3, 0.4) is 0 Å². The fourth-order valence-corrected chi connectivity index (χ4v) is 1.67. The van der Waals surface area contributed by atoms with Crippen LogP contribution in [0.4, 0.5) is 0 Å². The second kappa shape index (κ2) is 1.45. The Labute approximate surface area is 49.9 Å². The number of hydrogen-bond acceptors (Lipinski definition) is 2. The van der Waals surface area contributed by atoms with Gasteiger partial charge in [0.1, 0.15) is 0 Å². The van der Waals surface area contributed by atoms with E-state index in [2.05, 4.69) is 17.3 Å². The van der Waals surface area contributed by atoms with Crippen molar-refractivity contribution in [2.24, 2.45) is 5.92 Å². The van der Waals surface area contributed by atoms with Gasteiger partial charge in [-0.2, -0.15) is 0 Å². The monoisotopic (exact) mass is 112 g/mol. The topological polar surface area (TPSA) is 15.3 Å². The van der Waals surface area contributed by atoms with Crippen LogP contribution in [0.25, 0.3) is 0 Å². The third kappa shape index (κ3) is 0.446. The van der Waals surface area contributed by atoms with Crippen molar-refractivity contribution in [3.63, 3.8) is 0 Å². The van der Waals surface area contributed by atoms with Gasteiger partial charge in [-0.3, -0.25) is 4.90 Å². The molecule has 0 aliphatic carbocycles. The lowest BCUT2D eigenvalue weighted by Crippen LogP contribution is -2.55. The lowest BCUT2D eigenvalue weighted by Gasteiger charge is -2.35. The van der Waals surface area contributed by atoms with E-state index in [4.69, 9.17) is 0 Å². The summed E-state index contributed by atoms with van der Waals surface area (Å²) in [5.41, 5.74) is 0. The highest BCUT2D eigenvalue weighted by molar-refractivity contribution is 4.92. The van der Waals surface area contributed by atoms with Crippen molar-refractivity contribution >= 4 is 0 Å². The van der Waals surface area contributed by atoms with E-state index in [1.165, 1.54) is 19.5 Å². The molecule has 0 bridgehead atoms. The van der Waals surface area contributed by atoms with Gasteiger partial charge >= 0.3 is 0 Å². The zero-order valence-electron chi connectivity index (χ0n) is 5.22. The molecule has 0 radical (unpaired) electrons. The molecule has 2 aliphatic rings. The van der Waals surface area contributed by atoms with Crippen LogP contribution in [0.5, 0.6) is 0 Å². The molecule has 2 aliphatic heterocycles. The van der Waals surface area contributed by atoms with E-state index in [1.807, 2.05) is 0 Å². The average Bonchev–Trinajstić information content (AvgIpc) is 1.80. The summed E-state index contributed by atoms with van der Waals surface area (Å²) >= 11 is 0. The Morgan fingerprint density at radius 3 is 2.75 bits per heavy atom. The molecule has 0 spiro atoms. The Kier molecular flexibility index (Phi) is 0.866. The van der Waals surface area contributed by atoms with Gasteiger partial charge in [0.05, 0.1) is 6.17 Å². The Balaban J connectivity index is 2.05. The van der Waals surface area contributed by atoms with E-state index in [0.717, 1.165) is 12.1 Å². The molecule has 2 unspecified atom stereocenters. The van der Waals surface area contributed by atoms with Gasteiger partial charge in [0.25, 0.3) is 0 Å². The first-order chi connectivity index (χ1) is 3.88. The van der Waals surface area contributed by atoms with Crippen molar-refractivity contribution in [2.75, 3.05) is 20.1 Å². The van der Waals surface area contributed by atoms with Crippen LogP contribution in [0.2, 0.25) is 0 Å². The first-order valence-electron chi connectivity index (χ1n) is 3.31. The predicted octanol–water partition coefficient (Wildman–Crippen LogP) is -0.133. The molecule has 0 aromatic carbocycles. The summed E-state index contributed by atoms with van der Waals surface area (Å²) in [4.78, 5) is 2.40. The lowest BCUT2D eigenvalue weighted by atomic mass is 9.99. The van der Waals surface area contributed by atoms with E-state index in [9.17, 15) is 0 Å². The van der Waals surface area contributed by atoms with Crippen LogP contribution in [-0.4, -0.2) is 31.2 Å². The van der Waals surface area contributed by atoms with Crippen molar-refractivity contribution in [3.8, 4) is 0 Å². The largest absolute Gasteiger partial charge is 0.301 e. The van der Waals surface area contributed by atoms with Crippen LogP contribution >= 0.6 is 0 Å². The first-order valence-corrected chi connectivity index (χ1v) is 3.31. The first kappa shape index (κ1) is 4.77. The Bertz CT molecular complexity index is 96.7. The van der Waals surface area contributed by atoms with Crippen LogP contribution in [0.15, 0.2) is 0 Å². The maximum absolute atomic E-state index is 3.38. The van der Waals surface area contributed by atoms with Crippen molar-refractivity contribution in [2.45, 2.75) is 12.6 Å². The van der Waals surface area contributed by atoms with Crippen molar-refractivity contribution in [1.29, 1.82) is 0 Å². The fraction of sp³-hybridized carbons (Fsp3) is 1.00. The van der Waals surface area contributed by atoms with E-state index in [-0.39, 0.29) is 0 Å². The number of fused-ring (bicyclic) bond motifs is 1. The Morgan fingerprint density at radius 2 is 2.50 bits per heavy atom. The molecular weight excluding hydrogens is 100 g/mol. The van der Waals surface area contributed by atoms with E-state index in [0.29, 0.717) is 0 Å². The number of likely N-dealkylation sites (tertiary alicyclic amines) is 1. The quantitative estimate of drug-likeness (QED) is 0.469. The molecule has 2 nitrogen and oxygen atoms in total. The number of nitrogens with zero attached hydrogens (tertiary/aromatic N) is 1. The predicted molar refractivity (Wildman–Crippen MR) is 32.5 cm³/mol. The normalized spacial score (nSPS) is 46.1. The van der Waals surface area contributed by atoms with Crippen LogP contribution in [-0.2, 0) is 0 Å². The van der Waals surface area contributed by atoms with Crippen molar-refractivity contribution in [1.82, 2.24) is 10.2 Å². The summed E-state index contributed by atoms with van der Waals surface area (Å²) in [5.74, 6) is 0.986. The number of nitrogens with one attached hydrogen (secondary N) is 1. The van der Waals surface area contributed by atoms with Crippen LogP contribution in [0.1, 0.15) is 6.42 Å². The van der Waals surface area contributed by atoms with Gasteiger partial charge in [0.2, 0.25) is 0 Å². The smallest absolute Gasteiger partial charge is 0.0636 e. The lowest BCUT2D eigenvalue weighted by molar-refractivity contribution is 0.148. The molecule has 0 saturated carbocycles. The Morgan fingerprint density at radius 1 is 1.62 bits per heavy atom. The molecule has 2 heterocycles. The second-order valence-corrected chi connectivity index (χ2v) is 2.88. The summed E-state index contributed by atoms with van der Waals surface area (Å²) in [6.07, 6.45) is 2.16. The van der Waals surface area contributed by atoms with Gasteiger partial charge in [0, 0.05) is 12.5 Å². The highest BCUT2D eigenvalue weighted by Crippen LogP contribution is 2.26. The van der Waals surface area contributed by atoms with Crippen molar-refractivity contribution in [3.05, 3.63) is 0 Å². The summed E-state index contributed by atoms with van der Waals surface area (Å²) in [5, 5.41) is 3.38. The summed E-state index contributed by atoms with van der Waals surface area (Å²) in [6.45, 7) is 2.55. The van der Waals surface area contributed by atoms with Gasteiger partial charge in [-0.05, 0) is 20.0 Å². The molecule has 0 aromatic rings. The maximum Gasteiger partial charge on any atom is 0.0636 e. The van der Waals surface area contributed by atoms with E-state index < -0.39 is 0 Å². The average molecular weight is 112 g/mol. The summed E-state index contributed by atoms with van der Waals surface area (Å²) in [7, 11) is 2.19. The molecule has 2 fully saturated rings. The van der Waals surface area contributed by atoms with E-state index >= 15 is 0 Å². The molecule has 2 heteroatoms. The van der Waals surface area contributed by atoms with Crippen molar-refractivity contribution < 1.29 is 0 Å². The minimum Gasteiger partial charge on any atom is -0.301 e.